The van der Waals surface area contributed by atoms with Crippen molar-refractivity contribution < 1.29 is 22.0 Å². The van der Waals surface area contributed by atoms with E-state index in [1.807, 2.05) is 0 Å². The second kappa shape index (κ2) is 5.89. The van der Waals surface area contributed by atoms with Crippen LogP contribution in [0.25, 0.3) is 11.1 Å². The first-order valence-corrected chi connectivity index (χ1v) is 7.85. The fraction of sp³-hybridized carbons (Fsp3) is 0.333. The maximum Gasteiger partial charge on any atom is 0.417 e. The van der Waals surface area contributed by atoms with Gasteiger partial charge < -0.3 is 9.73 Å². The molecule has 0 aliphatic carbocycles. The van der Waals surface area contributed by atoms with Crippen LogP contribution in [0.3, 0.4) is 0 Å². The summed E-state index contributed by atoms with van der Waals surface area (Å²) in [6, 6.07) is 0.638. The van der Waals surface area contributed by atoms with E-state index in [0.717, 1.165) is 12.1 Å². The summed E-state index contributed by atoms with van der Waals surface area (Å²) in [6.07, 6.45) is 0. The molecule has 0 saturated carbocycles. The van der Waals surface area contributed by atoms with Gasteiger partial charge in [-0.15, -0.1) is 0 Å². The van der Waals surface area contributed by atoms with E-state index >= 15 is 0 Å². The van der Waals surface area contributed by atoms with Crippen LogP contribution < -0.4 is 15.8 Å². The van der Waals surface area contributed by atoms with Gasteiger partial charge in [-0.25, -0.2) is 17.6 Å². The predicted molar refractivity (Wildman–Crippen MR) is 75.3 cm³/mol. The molecule has 1 aromatic heterocycles. The number of carbonyl (C=O) groups is 1. The molecule has 10 heteroatoms. The Kier molecular flexibility index (Phi) is 4.33. The lowest BCUT2D eigenvalue weighted by molar-refractivity contribution is -0.122. The number of H-pyrrole nitrogens is 1. The van der Waals surface area contributed by atoms with E-state index in [0.29, 0.717) is 6.54 Å². The van der Waals surface area contributed by atoms with E-state index in [2.05, 4.69) is 15.0 Å². The van der Waals surface area contributed by atoms with E-state index in [1.54, 1.807) is 6.92 Å². The van der Waals surface area contributed by atoms with Crippen LogP contribution in [-0.2, 0) is 14.8 Å². The first-order valence-electron chi connectivity index (χ1n) is 6.37. The third-order valence-corrected chi connectivity index (χ3v) is 4.39. The topological polar surface area (TPSA) is 121 Å². The molecular formula is C12H14FN3O5S. The minimum Gasteiger partial charge on any atom is -0.408 e. The molecule has 0 fully saturated rings. The van der Waals surface area contributed by atoms with Gasteiger partial charge in [0.25, 0.3) is 0 Å². The minimum atomic E-state index is -4.30. The quantitative estimate of drug-likeness (QED) is 0.715. The van der Waals surface area contributed by atoms with Crippen LogP contribution in [0.15, 0.2) is 26.2 Å². The summed E-state index contributed by atoms with van der Waals surface area (Å²) in [7, 11) is -4.30. The standard InChI is InChI=1S/C12H14FN3O5S/c1-3-14-11(17)6(2)16-22(19,20)10-5-9-8(4-7(10)13)15-12(18)21-9/h4-6,16H,3H2,1-2H3,(H,14,17)(H,15,18). The molecule has 0 aliphatic heterocycles. The Morgan fingerprint density at radius 2 is 2.14 bits per heavy atom. The van der Waals surface area contributed by atoms with Gasteiger partial charge in [0, 0.05) is 18.7 Å². The Morgan fingerprint density at radius 3 is 2.77 bits per heavy atom. The molecule has 0 radical (unpaired) electrons. The number of amides is 1. The lowest BCUT2D eigenvalue weighted by atomic mass is 10.3. The third-order valence-electron chi connectivity index (χ3n) is 2.84. The zero-order chi connectivity index (χ0) is 16.5. The summed E-state index contributed by atoms with van der Waals surface area (Å²) in [5.74, 6) is -2.44. The Morgan fingerprint density at radius 1 is 1.45 bits per heavy atom. The maximum atomic E-state index is 13.9. The monoisotopic (exact) mass is 331 g/mol. The number of hydrogen-bond donors (Lipinski definition) is 3. The molecule has 1 heterocycles. The number of likely N-dealkylation sites (N-methyl/N-ethyl adjacent to an activating group) is 1. The van der Waals surface area contributed by atoms with E-state index in [9.17, 15) is 22.4 Å². The lowest BCUT2D eigenvalue weighted by Crippen LogP contribution is -2.44. The zero-order valence-electron chi connectivity index (χ0n) is 11.8. The Labute approximate surface area is 124 Å². The number of aromatic nitrogens is 1. The van der Waals surface area contributed by atoms with Crippen LogP contribution in [0, 0.1) is 5.82 Å². The molecule has 1 amide bonds. The van der Waals surface area contributed by atoms with Gasteiger partial charge in [0.15, 0.2) is 5.58 Å². The van der Waals surface area contributed by atoms with Crippen molar-refractivity contribution in [3.05, 3.63) is 28.5 Å². The van der Waals surface area contributed by atoms with Crippen LogP contribution in [0.4, 0.5) is 4.39 Å². The number of hydrogen-bond acceptors (Lipinski definition) is 5. The number of carbonyl (C=O) groups excluding carboxylic acids is 1. The van der Waals surface area contributed by atoms with Crippen LogP contribution in [0.1, 0.15) is 13.8 Å². The molecule has 0 aliphatic rings. The van der Waals surface area contributed by atoms with E-state index in [1.165, 1.54) is 6.92 Å². The molecule has 1 unspecified atom stereocenters. The van der Waals surface area contributed by atoms with Crippen molar-refractivity contribution in [3.8, 4) is 0 Å². The van der Waals surface area contributed by atoms with Gasteiger partial charge >= 0.3 is 5.76 Å². The van der Waals surface area contributed by atoms with Crippen LogP contribution >= 0.6 is 0 Å². The van der Waals surface area contributed by atoms with E-state index in [4.69, 9.17) is 4.42 Å². The molecule has 1 atom stereocenters. The molecule has 3 N–H and O–H groups in total. The molecule has 1 aromatic carbocycles. The van der Waals surface area contributed by atoms with Crippen molar-refractivity contribution in [3.63, 3.8) is 0 Å². The number of nitrogens with one attached hydrogen (secondary N) is 3. The van der Waals surface area contributed by atoms with Crippen molar-refractivity contribution in [2.45, 2.75) is 24.8 Å². The molecular weight excluding hydrogens is 317 g/mol. The van der Waals surface area contributed by atoms with Crippen LogP contribution in [0.2, 0.25) is 0 Å². The van der Waals surface area contributed by atoms with Gasteiger partial charge in [-0.2, -0.15) is 4.72 Å². The molecule has 120 valence electrons. The summed E-state index contributed by atoms with van der Waals surface area (Å²) >= 11 is 0. The van der Waals surface area contributed by atoms with E-state index in [-0.39, 0.29) is 11.1 Å². The first kappa shape index (κ1) is 16.2. The van der Waals surface area contributed by atoms with Gasteiger partial charge in [-0.05, 0) is 13.8 Å². The SMILES string of the molecule is CCNC(=O)C(C)NS(=O)(=O)c1cc2oc(=O)[nH]c2cc1F. The molecule has 0 spiro atoms. The number of rotatable bonds is 5. The Balaban J connectivity index is 2.38. The average Bonchev–Trinajstić information content (AvgIpc) is 2.76. The highest BCUT2D eigenvalue weighted by Gasteiger charge is 2.25. The van der Waals surface area contributed by atoms with Gasteiger partial charge in [-0.1, -0.05) is 0 Å². The van der Waals surface area contributed by atoms with Crippen molar-refractivity contribution in [1.82, 2.24) is 15.0 Å². The summed E-state index contributed by atoms with van der Waals surface area (Å²) in [5, 5.41) is 2.44. The first-order chi connectivity index (χ1) is 10.2. The summed E-state index contributed by atoms with van der Waals surface area (Å²) in [5.41, 5.74) is -0.0596. The van der Waals surface area contributed by atoms with Gasteiger partial charge in [0.1, 0.15) is 10.7 Å². The smallest absolute Gasteiger partial charge is 0.408 e. The zero-order valence-corrected chi connectivity index (χ0v) is 12.6. The maximum absolute atomic E-state index is 13.9. The van der Waals surface area contributed by atoms with Crippen molar-refractivity contribution in [2.75, 3.05) is 6.54 Å². The third kappa shape index (κ3) is 3.17. The highest BCUT2D eigenvalue weighted by atomic mass is 32.2. The fourth-order valence-corrected chi connectivity index (χ4v) is 3.11. The van der Waals surface area contributed by atoms with Crippen molar-refractivity contribution in [1.29, 1.82) is 0 Å². The van der Waals surface area contributed by atoms with E-state index < -0.39 is 38.4 Å². The van der Waals surface area contributed by atoms with Crippen LogP contribution in [0.5, 0.6) is 0 Å². The highest BCUT2D eigenvalue weighted by molar-refractivity contribution is 7.89. The molecule has 22 heavy (non-hydrogen) atoms. The van der Waals surface area contributed by atoms with Gasteiger partial charge in [-0.3, -0.25) is 9.78 Å². The number of sulfonamides is 1. The summed E-state index contributed by atoms with van der Waals surface area (Å²) in [6.45, 7) is 3.34. The summed E-state index contributed by atoms with van der Waals surface area (Å²) < 4.78 is 45.0. The Bertz CT molecular complexity index is 871. The minimum absolute atomic E-state index is 0.0400. The second-order valence-corrected chi connectivity index (χ2v) is 6.21. The van der Waals surface area contributed by atoms with Gasteiger partial charge in [0.2, 0.25) is 15.9 Å². The predicted octanol–water partition coefficient (Wildman–Crippen LogP) is 0.0631. The highest BCUT2D eigenvalue weighted by Crippen LogP contribution is 2.21. The lowest BCUT2D eigenvalue weighted by Gasteiger charge is -2.14. The molecule has 8 nitrogen and oxygen atoms in total. The molecule has 2 rings (SSSR count). The fourth-order valence-electron chi connectivity index (χ4n) is 1.84. The molecule has 0 saturated heterocycles. The largest absolute Gasteiger partial charge is 0.417 e. The Hall–Kier alpha value is -2.20. The van der Waals surface area contributed by atoms with Gasteiger partial charge in [0.05, 0.1) is 11.6 Å². The van der Waals surface area contributed by atoms with Crippen molar-refractivity contribution >= 4 is 27.0 Å². The average molecular weight is 331 g/mol. The van der Waals surface area contributed by atoms with Crippen LogP contribution in [-0.4, -0.2) is 31.9 Å². The number of oxazole rings is 1. The number of halogens is 1. The molecule has 2 aromatic rings. The molecule has 0 bridgehead atoms. The normalized spacial score (nSPS) is 13.2. The van der Waals surface area contributed by atoms with Crippen molar-refractivity contribution in [2.24, 2.45) is 0 Å². The number of fused-ring (bicyclic) bond motifs is 1. The summed E-state index contributed by atoms with van der Waals surface area (Å²) in [4.78, 5) is 24.1. The number of benzene rings is 1. The number of aromatic amines is 1. The second-order valence-electron chi connectivity index (χ2n) is 4.53.